The van der Waals surface area contributed by atoms with Crippen LogP contribution in [0.15, 0.2) is 0 Å². The lowest BCUT2D eigenvalue weighted by Crippen LogP contribution is -2.50. The fourth-order valence-electron chi connectivity index (χ4n) is 4.05. The van der Waals surface area contributed by atoms with Crippen molar-refractivity contribution < 1.29 is 9.53 Å². The molecule has 4 nitrogen and oxygen atoms in total. The summed E-state index contributed by atoms with van der Waals surface area (Å²) in [6.07, 6.45) is 11.3. The Kier molecular flexibility index (Phi) is 5.17. The second-order valence-electron chi connectivity index (χ2n) is 7.10. The maximum Gasteiger partial charge on any atom is 0.249 e. The summed E-state index contributed by atoms with van der Waals surface area (Å²) in [4.78, 5) is 14.9. The van der Waals surface area contributed by atoms with E-state index in [0.29, 0.717) is 12.0 Å². The van der Waals surface area contributed by atoms with Crippen molar-refractivity contribution in [2.75, 3.05) is 20.2 Å². The first-order valence-electron chi connectivity index (χ1n) is 8.85. The van der Waals surface area contributed by atoms with Gasteiger partial charge in [-0.05, 0) is 44.4 Å². The van der Waals surface area contributed by atoms with Gasteiger partial charge in [-0.1, -0.05) is 19.3 Å². The summed E-state index contributed by atoms with van der Waals surface area (Å²) < 4.78 is 5.37. The maximum atomic E-state index is 12.3. The molecule has 0 unspecified atom stereocenters. The topological polar surface area (TPSA) is 41.6 Å². The molecule has 0 bridgehead atoms. The van der Waals surface area contributed by atoms with Crippen molar-refractivity contribution in [2.45, 2.75) is 76.0 Å². The highest BCUT2D eigenvalue weighted by Gasteiger charge is 2.37. The molecule has 2 saturated carbocycles. The number of hydrogen-bond acceptors (Lipinski definition) is 3. The van der Waals surface area contributed by atoms with E-state index in [0.717, 1.165) is 44.8 Å². The standard InChI is InChI=1S/C17H30N2O2/c1-21-16(13-7-8-13)17(20)18-14-9-11-19(12-10-14)15-5-3-2-4-6-15/h13-16H,2-12H2,1H3,(H,18,20)/t16-/m1/s1. The number of rotatable bonds is 5. The summed E-state index contributed by atoms with van der Waals surface area (Å²) in [5.41, 5.74) is 0. The summed E-state index contributed by atoms with van der Waals surface area (Å²) in [5, 5.41) is 3.22. The van der Waals surface area contributed by atoms with Crippen molar-refractivity contribution in [1.29, 1.82) is 0 Å². The molecule has 2 aliphatic carbocycles. The highest BCUT2D eigenvalue weighted by Crippen LogP contribution is 2.34. The molecule has 3 fully saturated rings. The fraction of sp³-hybridized carbons (Fsp3) is 0.941. The average molecular weight is 294 g/mol. The number of amides is 1. The molecule has 4 heteroatoms. The lowest BCUT2D eigenvalue weighted by Gasteiger charge is -2.39. The molecule has 21 heavy (non-hydrogen) atoms. The van der Waals surface area contributed by atoms with E-state index in [9.17, 15) is 4.79 Å². The smallest absolute Gasteiger partial charge is 0.249 e. The predicted octanol–water partition coefficient (Wildman–Crippen LogP) is 2.32. The third kappa shape index (κ3) is 3.98. The monoisotopic (exact) mass is 294 g/mol. The van der Waals surface area contributed by atoms with Crippen LogP contribution in [-0.4, -0.2) is 49.2 Å². The van der Waals surface area contributed by atoms with Crippen molar-refractivity contribution in [3.05, 3.63) is 0 Å². The van der Waals surface area contributed by atoms with Crippen molar-refractivity contribution in [2.24, 2.45) is 5.92 Å². The van der Waals surface area contributed by atoms with Gasteiger partial charge in [-0.25, -0.2) is 0 Å². The molecule has 3 rings (SSSR count). The largest absolute Gasteiger partial charge is 0.371 e. The van der Waals surface area contributed by atoms with E-state index in [1.165, 1.54) is 32.1 Å². The quantitative estimate of drug-likeness (QED) is 0.846. The first kappa shape index (κ1) is 15.3. The van der Waals surface area contributed by atoms with Crippen LogP contribution in [0.3, 0.4) is 0 Å². The molecule has 0 aromatic carbocycles. The summed E-state index contributed by atoms with van der Waals surface area (Å²) in [7, 11) is 1.66. The van der Waals surface area contributed by atoms with Gasteiger partial charge in [0.15, 0.2) is 0 Å². The number of piperidine rings is 1. The van der Waals surface area contributed by atoms with E-state index >= 15 is 0 Å². The third-order valence-corrected chi connectivity index (χ3v) is 5.53. The van der Waals surface area contributed by atoms with Crippen LogP contribution in [0.2, 0.25) is 0 Å². The van der Waals surface area contributed by atoms with Gasteiger partial charge in [-0.2, -0.15) is 0 Å². The minimum Gasteiger partial charge on any atom is -0.371 e. The minimum absolute atomic E-state index is 0.121. The fourth-order valence-corrected chi connectivity index (χ4v) is 4.05. The van der Waals surface area contributed by atoms with Gasteiger partial charge in [0.05, 0.1) is 0 Å². The number of carbonyl (C=O) groups excluding carboxylic acids is 1. The van der Waals surface area contributed by atoms with Crippen molar-refractivity contribution in [3.63, 3.8) is 0 Å². The molecule has 0 aromatic rings. The van der Waals surface area contributed by atoms with Gasteiger partial charge in [0, 0.05) is 32.3 Å². The van der Waals surface area contributed by atoms with E-state index in [-0.39, 0.29) is 12.0 Å². The SMILES string of the molecule is CO[C@@H](C(=O)NC1CCN(C2CCCCC2)CC1)C1CC1. The highest BCUT2D eigenvalue weighted by molar-refractivity contribution is 5.81. The molecule has 1 amide bonds. The number of carbonyl (C=O) groups is 1. The zero-order valence-corrected chi connectivity index (χ0v) is 13.4. The van der Waals surface area contributed by atoms with E-state index in [4.69, 9.17) is 4.74 Å². The van der Waals surface area contributed by atoms with E-state index in [1.54, 1.807) is 7.11 Å². The van der Waals surface area contributed by atoms with Gasteiger partial charge in [0.25, 0.3) is 0 Å². The maximum absolute atomic E-state index is 12.3. The highest BCUT2D eigenvalue weighted by atomic mass is 16.5. The number of likely N-dealkylation sites (tertiary alicyclic amines) is 1. The summed E-state index contributed by atoms with van der Waals surface area (Å²) >= 11 is 0. The molecule has 3 aliphatic rings. The molecule has 1 atom stereocenters. The molecule has 0 spiro atoms. The van der Waals surface area contributed by atoms with Crippen molar-refractivity contribution in [3.8, 4) is 0 Å². The first-order valence-corrected chi connectivity index (χ1v) is 8.85. The van der Waals surface area contributed by atoms with Gasteiger partial charge in [0.2, 0.25) is 5.91 Å². The van der Waals surface area contributed by atoms with E-state index in [2.05, 4.69) is 10.2 Å². The third-order valence-electron chi connectivity index (χ3n) is 5.53. The number of methoxy groups -OCH3 is 1. The number of hydrogen-bond donors (Lipinski definition) is 1. The average Bonchev–Trinajstić information content (AvgIpc) is 3.34. The summed E-state index contributed by atoms with van der Waals surface area (Å²) in [6.45, 7) is 2.30. The Labute approximate surface area is 128 Å². The lowest BCUT2D eigenvalue weighted by atomic mass is 9.92. The second kappa shape index (κ2) is 7.10. The van der Waals surface area contributed by atoms with Crippen LogP contribution >= 0.6 is 0 Å². The van der Waals surface area contributed by atoms with Crippen molar-refractivity contribution >= 4 is 5.91 Å². The summed E-state index contributed by atoms with van der Waals surface area (Å²) in [6, 6.07) is 1.17. The predicted molar refractivity (Wildman–Crippen MR) is 83.1 cm³/mol. The molecular weight excluding hydrogens is 264 g/mol. The molecule has 1 N–H and O–H groups in total. The van der Waals surface area contributed by atoms with Crippen molar-refractivity contribution in [1.82, 2.24) is 10.2 Å². The zero-order chi connectivity index (χ0) is 14.7. The number of nitrogens with zero attached hydrogens (tertiary/aromatic N) is 1. The van der Waals surface area contributed by atoms with Gasteiger partial charge in [0.1, 0.15) is 6.10 Å². The van der Waals surface area contributed by atoms with Gasteiger partial charge in [-0.3, -0.25) is 4.79 Å². The Morgan fingerprint density at radius 1 is 1.05 bits per heavy atom. The normalized spacial score (nSPS) is 27.5. The van der Waals surface area contributed by atoms with E-state index in [1.807, 2.05) is 0 Å². The van der Waals surface area contributed by atoms with Crippen LogP contribution in [0.25, 0.3) is 0 Å². The lowest BCUT2D eigenvalue weighted by molar-refractivity contribution is -0.133. The Morgan fingerprint density at radius 2 is 1.71 bits per heavy atom. The van der Waals surface area contributed by atoms with Crippen LogP contribution in [0.4, 0.5) is 0 Å². The van der Waals surface area contributed by atoms with Gasteiger partial charge >= 0.3 is 0 Å². The Morgan fingerprint density at radius 3 is 2.29 bits per heavy atom. The molecule has 1 aliphatic heterocycles. The van der Waals surface area contributed by atoms with Crippen LogP contribution in [-0.2, 0) is 9.53 Å². The van der Waals surface area contributed by atoms with Crippen LogP contribution in [0, 0.1) is 5.92 Å². The molecule has 120 valence electrons. The molecule has 0 aromatic heterocycles. The van der Waals surface area contributed by atoms with Crippen LogP contribution in [0.5, 0.6) is 0 Å². The molecule has 1 heterocycles. The number of ether oxygens (including phenoxy) is 1. The zero-order valence-electron chi connectivity index (χ0n) is 13.4. The Hall–Kier alpha value is -0.610. The summed E-state index contributed by atoms with van der Waals surface area (Å²) in [5.74, 6) is 0.591. The molecular formula is C17H30N2O2. The van der Waals surface area contributed by atoms with Gasteiger partial charge < -0.3 is 15.0 Å². The van der Waals surface area contributed by atoms with Crippen LogP contribution in [0.1, 0.15) is 57.8 Å². The van der Waals surface area contributed by atoms with Gasteiger partial charge in [-0.15, -0.1) is 0 Å². The Balaban J connectivity index is 1.41. The Bertz CT molecular complexity index is 343. The minimum atomic E-state index is -0.207. The number of nitrogens with one attached hydrogen (secondary N) is 1. The molecule has 0 radical (unpaired) electrons. The first-order chi connectivity index (χ1) is 10.3. The van der Waals surface area contributed by atoms with Crippen LogP contribution < -0.4 is 5.32 Å². The molecule has 1 saturated heterocycles. The second-order valence-corrected chi connectivity index (χ2v) is 7.10. The van der Waals surface area contributed by atoms with E-state index < -0.39 is 0 Å².